The van der Waals surface area contributed by atoms with Gasteiger partial charge in [0.05, 0.1) is 0 Å². The molecule has 0 fully saturated rings. The maximum atomic E-state index is 3.56. The van der Waals surface area contributed by atoms with Gasteiger partial charge in [0.2, 0.25) is 0 Å². The van der Waals surface area contributed by atoms with E-state index in [2.05, 4.69) is 44.0 Å². The summed E-state index contributed by atoms with van der Waals surface area (Å²) in [6.07, 6.45) is 1.92. The van der Waals surface area contributed by atoms with Crippen molar-refractivity contribution < 1.29 is 0 Å². The molecule has 14 heavy (non-hydrogen) atoms. The summed E-state index contributed by atoms with van der Waals surface area (Å²) in [7, 11) is 2.01. The van der Waals surface area contributed by atoms with Crippen molar-refractivity contribution in [2.45, 2.75) is 0 Å². The van der Waals surface area contributed by atoms with Gasteiger partial charge in [-0.3, -0.25) is 0 Å². The standard InChI is InChI=1S/C11H8Br2N/c1-14-7-3-6-10(14)8-4-2-5-9(12)11(8)13/h2,4-7H,1H3. The Morgan fingerprint density at radius 1 is 1.29 bits per heavy atom. The first-order valence-electron chi connectivity index (χ1n) is 4.17. The average Bonchev–Trinajstić information content (AvgIpc) is 2.57. The zero-order valence-corrected chi connectivity index (χ0v) is 10.8. The molecule has 2 aromatic rings. The summed E-state index contributed by atoms with van der Waals surface area (Å²) in [5.74, 6) is 0. The van der Waals surface area contributed by atoms with Crippen LogP contribution in [0, 0.1) is 6.07 Å². The fourth-order valence-corrected chi connectivity index (χ4v) is 2.20. The Morgan fingerprint density at radius 2 is 2.07 bits per heavy atom. The quantitative estimate of drug-likeness (QED) is 0.749. The summed E-state index contributed by atoms with van der Waals surface area (Å²) >= 11 is 7.05. The van der Waals surface area contributed by atoms with Crippen LogP contribution in [0.15, 0.2) is 39.4 Å². The summed E-state index contributed by atoms with van der Waals surface area (Å²) < 4.78 is 4.19. The first-order chi connectivity index (χ1) is 6.70. The van der Waals surface area contributed by atoms with Gasteiger partial charge < -0.3 is 4.57 Å². The van der Waals surface area contributed by atoms with Gasteiger partial charge in [0, 0.05) is 39.5 Å². The number of hydrogen-bond acceptors (Lipinski definition) is 0. The number of benzene rings is 1. The monoisotopic (exact) mass is 312 g/mol. The third kappa shape index (κ3) is 1.66. The number of nitrogens with zero attached hydrogens (tertiary/aromatic N) is 1. The smallest absolute Gasteiger partial charge is 0.0495 e. The van der Waals surface area contributed by atoms with Gasteiger partial charge in [0.15, 0.2) is 0 Å². The van der Waals surface area contributed by atoms with Crippen molar-refractivity contribution in [3.63, 3.8) is 0 Å². The van der Waals surface area contributed by atoms with Crippen LogP contribution >= 0.6 is 31.9 Å². The highest BCUT2D eigenvalue weighted by Crippen LogP contribution is 2.33. The first kappa shape index (κ1) is 9.99. The Hall–Kier alpha value is -0.540. The first-order valence-corrected chi connectivity index (χ1v) is 5.75. The van der Waals surface area contributed by atoms with Crippen LogP contribution in [-0.4, -0.2) is 4.57 Å². The van der Waals surface area contributed by atoms with Gasteiger partial charge in [-0.25, -0.2) is 0 Å². The molecule has 3 heteroatoms. The van der Waals surface area contributed by atoms with E-state index in [1.165, 1.54) is 5.56 Å². The van der Waals surface area contributed by atoms with Crippen LogP contribution in [0.3, 0.4) is 0 Å². The van der Waals surface area contributed by atoms with E-state index < -0.39 is 0 Å². The number of rotatable bonds is 1. The third-order valence-corrected chi connectivity index (χ3v) is 4.14. The minimum absolute atomic E-state index is 1.07. The van der Waals surface area contributed by atoms with E-state index in [1.807, 2.05) is 36.0 Å². The molecular formula is C11H8Br2N. The molecule has 0 atom stereocenters. The van der Waals surface area contributed by atoms with Gasteiger partial charge in [-0.15, -0.1) is 0 Å². The zero-order chi connectivity index (χ0) is 10.1. The summed E-state index contributed by atoms with van der Waals surface area (Å²) in [5, 5.41) is 0. The molecular weight excluding hydrogens is 306 g/mol. The Balaban J connectivity index is 2.63. The molecule has 1 aromatic heterocycles. The molecule has 0 unspecified atom stereocenters. The van der Waals surface area contributed by atoms with E-state index in [-0.39, 0.29) is 0 Å². The minimum Gasteiger partial charge on any atom is -0.350 e. The molecule has 71 valence electrons. The zero-order valence-electron chi connectivity index (χ0n) is 7.59. The van der Waals surface area contributed by atoms with E-state index in [0.717, 1.165) is 14.6 Å². The minimum atomic E-state index is 1.07. The Morgan fingerprint density at radius 3 is 2.71 bits per heavy atom. The van der Waals surface area contributed by atoms with Crippen LogP contribution in [0.1, 0.15) is 0 Å². The molecule has 0 bridgehead atoms. The molecule has 0 aliphatic rings. The normalized spacial score (nSPS) is 10.5. The largest absolute Gasteiger partial charge is 0.350 e. The summed E-state index contributed by atoms with van der Waals surface area (Å²) in [5.41, 5.74) is 2.32. The number of aryl methyl sites for hydroxylation is 1. The molecule has 0 amide bonds. The lowest BCUT2D eigenvalue weighted by Gasteiger charge is -2.07. The molecule has 1 aromatic carbocycles. The van der Waals surface area contributed by atoms with Gasteiger partial charge >= 0.3 is 0 Å². The van der Waals surface area contributed by atoms with Crippen molar-refractivity contribution in [2.24, 2.45) is 7.05 Å². The van der Waals surface area contributed by atoms with E-state index in [9.17, 15) is 0 Å². The van der Waals surface area contributed by atoms with E-state index >= 15 is 0 Å². The van der Waals surface area contributed by atoms with Crippen molar-refractivity contribution in [1.82, 2.24) is 4.57 Å². The molecule has 0 saturated carbocycles. The van der Waals surface area contributed by atoms with Gasteiger partial charge in [-0.1, -0.05) is 12.1 Å². The summed E-state index contributed by atoms with van der Waals surface area (Å²) in [4.78, 5) is 0. The second-order valence-corrected chi connectivity index (χ2v) is 4.68. The SMILES string of the molecule is Cn1c[c]cc1-c1cccc(Br)c1Br. The second kappa shape index (κ2) is 3.91. The highest BCUT2D eigenvalue weighted by Gasteiger charge is 2.07. The highest BCUT2D eigenvalue weighted by molar-refractivity contribution is 9.13. The van der Waals surface area contributed by atoms with Crippen LogP contribution in [0.4, 0.5) is 0 Å². The van der Waals surface area contributed by atoms with Crippen LogP contribution < -0.4 is 0 Å². The summed E-state index contributed by atoms with van der Waals surface area (Å²) in [6, 6.07) is 11.2. The lowest BCUT2D eigenvalue weighted by atomic mass is 10.1. The van der Waals surface area contributed by atoms with Crippen molar-refractivity contribution >= 4 is 31.9 Å². The van der Waals surface area contributed by atoms with Gasteiger partial charge in [-0.05, 0) is 44.0 Å². The molecule has 1 radical (unpaired) electrons. The van der Waals surface area contributed by atoms with Crippen LogP contribution in [0.2, 0.25) is 0 Å². The maximum absolute atomic E-state index is 3.56. The van der Waals surface area contributed by atoms with E-state index in [1.54, 1.807) is 0 Å². The number of aromatic nitrogens is 1. The molecule has 0 saturated heterocycles. The number of halogens is 2. The Labute approximate surface area is 100 Å². The second-order valence-electron chi connectivity index (χ2n) is 3.04. The van der Waals surface area contributed by atoms with Crippen molar-refractivity contribution in [1.29, 1.82) is 0 Å². The van der Waals surface area contributed by atoms with Crippen molar-refractivity contribution in [2.75, 3.05) is 0 Å². The van der Waals surface area contributed by atoms with E-state index in [0.29, 0.717) is 0 Å². The Bertz CT molecular complexity index is 460. The molecule has 0 aliphatic heterocycles. The van der Waals surface area contributed by atoms with E-state index in [4.69, 9.17) is 0 Å². The molecule has 1 heterocycles. The average molecular weight is 314 g/mol. The fourth-order valence-electron chi connectivity index (χ4n) is 1.37. The van der Waals surface area contributed by atoms with Gasteiger partial charge in [-0.2, -0.15) is 0 Å². The fraction of sp³-hybridized carbons (Fsp3) is 0.0909. The lowest BCUT2D eigenvalue weighted by molar-refractivity contribution is 0.935. The topological polar surface area (TPSA) is 4.93 Å². The molecule has 2 rings (SSSR count). The Kier molecular flexibility index (Phi) is 2.79. The van der Waals surface area contributed by atoms with Gasteiger partial charge in [0.25, 0.3) is 0 Å². The third-order valence-electron chi connectivity index (χ3n) is 2.10. The predicted molar refractivity (Wildman–Crippen MR) is 65.1 cm³/mol. The lowest BCUT2D eigenvalue weighted by Crippen LogP contribution is -1.90. The van der Waals surface area contributed by atoms with Gasteiger partial charge in [0.1, 0.15) is 0 Å². The molecule has 0 N–H and O–H groups in total. The number of hydrogen-bond donors (Lipinski definition) is 0. The van der Waals surface area contributed by atoms with Crippen molar-refractivity contribution in [3.8, 4) is 11.3 Å². The molecule has 1 nitrogen and oxygen atoms in total. The molecule has 0 aliphatic carbocycles. The molecule has 0 spiro atoms. The van der Waals surface area contributed by atoms with Crippen LogP contribution in [0.5, 0.6) is 0 Å². The maximum Gasteiger partial charge on any atom is 0.0495 e. The van der Waals surface area contributed by atoms with Crippen LogP contribution in [0.25, 0.3) is 11.3 Å². The van der Waals surface area contributed by atoms with Crippen LogP contribution in [-0.2, 0) is 7.05 Å². The predicted octanol–water partition coefficient (Wildman–Crippen LogP) is 4.02. The van der Waals surface area contributed by atoms with Crippen molar-refractivity contribution in [3.05, 3.63) is 45.5 Å². The highest BCUT2D eigenvalue weighted by atomic mass is 79.9. The summed E-state index contributed by atoms with van der Waals surface area (Å²) in [6.45, 7) is 0.